The van der Waals surface area contributed by atoms with E-state index in [0.717, 1.165) is 12.8 Å². The van der Waals surface area contributed by atoms with Crippen molar-refractivity contribution >= 4 is 35.2 Å². The number of hydrogen-bond donors (Lipinski definition) is 3. The third-order valence-electron chi connectivity index (χ3n) is 5.68. The number of hydrogen-bond acceptors (Lipinski definition) is 8. The van der Waals surface area contributed by atoms with Crippen LogP contribution in [0.1, 0.15) is 48.0 Å². The summed E-state index contributed by atoms with van der Waals surface area (Å²) in [6.07, 6.45) is 1.54. The quantitative estimate of drug-likeness (QED) is 0.410. The van der Waals surface area contributed by atoms with Gasteiger partial charge >= 0.3 is 5.97 Å². The van der Waals surface area contributed by atoms with Gasteiger partial charge in [-0.2, -0.15) is 4.98 Å². The minimum atomic E-state index is -1.00. The Labute approximate surface area is 195 Å². The Hall–Kier alpha value is -3.73. The van der Waals surface area contributed by atoms with Crippen molar-refractivity contribution in [1.29, 1.82) is 0 Å². The molecule has 180 valence electrons. The highest BCUT2D eigenvalue weighted by Crippen LogP contribution is 2.30. The van der Waals surface area contributed by atoms with E-state index in [1.165, 1.54) is 0 Å². The van der Waals surface area contributed by atoms with E-state index in [-0.39, 0.29) is 17.8 Å². The lowest BCUT2D eigenvalue weighted by molar-refractivity contribution is -0.123. The molecule has 2 aliphatic heterocycles. The highest BCUT2D eigenvalue weighted by Gasteiger charge is 2.35. The zero-order valence-electron chi connectivity index (χ0n) is 18.9. The smallest absolute Gasteiger partial charge is 0.338 e. The molecule has 1 fully saturated rings. The first-order valence-electron chi connectivity index (χ1n) is 11.3. The molecule has 11 heteroatoms. The zero-order chi connectivity index (χ0) is 24.1. The molecule has 2 aromatic rings. The SMILES string of the molecule is CCCCOC(=O)c1ccc(NC(=O)[C@@H]2CC(=O)Nc3nc(N4CCOCC4)[nH]c(=O)c32)cc1. The maximum absolute atomic E-state index is 13.0. The lowest BCUT2D eigenvalue weighted by Gasteiger charge is -2.29. The molecule has 2 amide bonds. The largest absolute Gasteiger partial charge is 0.462 e. The number of fused-ring (bicyclic) bond motifs is 1. The van der Waals surface area contributed by atoms with E-state index in [1.807, 2.05) is 11.8 Å². The van der Waals surface area contributed by atoms with E-state index in [4.69, 9.17) is 9.47 Å². The van der Waals surface area contributed by atoms with Crippen molar-refractivity contribution in [3.63, 3.8) is 0 Å². The van der Waals surface area contributed by atoms with Gasteiger partial charge in [0.2, 0.25) is 17.8 Å². The normalized spacial score (nSPS) is 17.5. The van der Waals surface area contributed by atoms with Gasteiger partial charge in [-0.3, -0.25) is 19.4 Å². The Morgan fingerprint density at radius 3 is 2.65 bits per heavy atom. The topological polar surface area (TPSA) is 143 Å². The molecule has 4 rings (SSSR count). The van der Waals surface area contributed by atoms with Crippen molar-refractivity contribution in [3.8, 4) is 0 Å². The highest BCUT2D eigenvalue weighted by molar-refractivity contribution is 6.04. The second kappa shape index (κ2) is 10.5. The van der Waals surface area contributed by atoms with Gasteiger partial charge in [0.05, 0.1) is 36.9 Å². The second-order valence-electron chi connectivity index (χ2n) is 8.11. The zero-order valence-corrected chi connectivity index (χ0v) is 18.9. The van der Waals surface area contributed by atoms with Crippen LogP contribution in [-0.4, -0.2) is 60.7 Å². The molecule has 1 aromatic heterocycles. The van der Waals surface area contributed by atoms with Crippen LogP contribution in [0.2, 0.25) is 0 Å². The Balaban J connectivity index is 1.49. The number of anilines is 3. The first-order chi connectivity index (χ1) is 16.5. The van der Waals surface area contributed by atoms with Crippen LogP contribution < -0.4 is 21.1 Å². The molecule has 0 radical (unpaired) electrons. The van der Waals surface area contributed by atoms with E-state index in [9.17, 15) is 19.2 Å². The fourth-order valence-corrected chi connectivity index (χ4v) is 3.82. The number of nitrogens with zero attached hydrogens (tertiary/aromatic N) is 2. The van der Waals surface area contributed by atoms with Gasteiger partial charge in [-0.05, 0) is 30.7 Å². The van der Waals surface area contributed by atoms with E-state index in [1.54, 1.807) is 24.3 Å². The summed E-state index contributed by atoms with van der Waals surface area (Å²) in [4.78, 5) is 59.2. The molecule has 1 saturated heterocycles. The number of nitrogens with one attached hydrogen (secondary N) is 3. The molecule has 1 aromatic carbocycles. The summed E-state index contributed by atoms with van der Waals surface area (Å²) in [5.74, 6) is -1.93. The van der Waals surface area contributed by atoms with Crippen LogP contribution in [0, 0.1) is 0 Å². The maximum Gasteiger partial charge on any atom is 0.338 e. The van der Waals surface area contributed by atoms with E-state index >= 15 is 0 Å². The predicted octanol–water partition coefficient (Wildman–Crippen LogP) is 1.63. The van der Waals surface area contributed by atoms with Crippen LogP contribution in [0.15, 0.2) is 29.1 Å². The number of benzene rings is 1. The van der Waals surface area contributed by atoms with E-state index in [2.05, 4.69) is 20.6 Å². The van der Waals surface area contributed by atoms with Gasteiger partial charge in [-0.1, -0.05) is 13.3 Å². The number of aromatic nitrogens is 2. The lowest BCUT2D eigenvalue weighted by atomic mass is 9.92. The number of ether oxygens (including phenoxy) is 2. The van der Waals surface area contributed by atoms with Gasteiger partial charge in [0.15, 0.2) is 0 Å². The number of esters is 1. The van der Waals surface area contributed by atoms with Gasteiger partial charge in [0, 0.05) is 25.2 Å². The van der Waals surface area contributed by atoms with Gasteiger partial charge in [-0.25, -0.2) is 4.79 Å². The number of carbonyl (C=O) groups is 3. The van der Waals surface area contributed by atoms with Crippen molar-refractivity contribution in [2.75, 3.05) is 48.4 Å². The average Bonchev–Trinajstić information content (AvgIpc) is 2.84. The van der Waals surface area contributed by atoms with Crippen LogP contribution in [0.5, 0.6) is 0 Å². The van der Waals surface area contributed by atoms with Gasteiger partial charge < -0.3 is 25.0 Å². The number of rotatable bonds is 7. The van der Waals surface area contributed by atoms with Gasteiger partial charge in [0.25, 0.3) is 5.56 Å². The molecule has 0 aliphatic carbocycles. The molecule has 1 atom stereocenters. The number of aromatic amines is 1. The third-order valence-corrected chi connectivity index (χ3v) is 5.68. The van der Waals surface area contributed by atoms with Crippen molar-refractivity contribution in [2.24, 2.45) is 0 Å². The van der Waals surface area contributed by atoms with Crippen molar-refractivity contribution in [3.05, 3.63) is 45.7 Å². The molecular formula is C23H27N5O6. The standard InChI is InChI=1S/C23H27N5O6/c1-2-3-10-34-22(32)14-4-6-15(7-5-14)24-20(30)16-13-17(29)25-19-18(16)21(31)27-23(26-19)28-8-11-33-12-9-28/h4-7,16H,2-3,8-13H2,1H3,(H,24,30)(H2,25,26,27,29,31)/t16-/m1/s1. The van der Waals surface area contributed by atoms with Crippen LogP contribution in [-0.2, 0) is 19.1 Å². The third kappa shape index (κ3) is 5.25. The van der Waals surface area contributed by atoms with Crippen LogP contribution >= 0.6 is 0 Å². The summed E-state index contributed by atoms with van der Waals surface area (Å²) in [6, 6.07) is 6.24. The molecule has 0 bridgehead atoms. The molecule has 0 saturated carbocycles. The fraction of sp³-hybridized carbons (Fsp3) is 0.435. The molecule has 0 spiro atoms. The number of H-pyrrole nitrogens is 1. The van der Waals surface area contributed by atoms with Crippen molar-refractivity contribution < 1.29 is 23.9 Å². The Morgan fingerprint density at radius 1 is 1.21 bits per heavy atom. The molecule has 3 heterocycles. The predicted molar refractivity (Wildman–Crippen MR) is 124 cm³/mol. The number of amides is 2. The highest BCUT2D eigenvalue weighted by atomic mass is 16.5. The first kappa shape index (κ1) is 23.4. The second-order valence-corrected chi connectivity index (χ2v) is 8.11. The summed E-state index contributed by atoms with van der Waals surface area (Å²) < 4.78 is 10.5. The summed E-state index contributed by atoms with van der Waals surface area (Å²) in [5, 5.41) is 5.33. The van der Waals surface area contributed by atoms with Crippen LogP contribution in [0.4, 0.5) is 17.5 Å². The van der Waals surface area contributed by atoms with Crippen molar-refractivity contribution in [2.45, 2.75) is 32.1 Å². The minimum absolute atomic E-state index is 0.0896. The van der Waals surface area contributed by atoms with Crippen LogP contribution in [0.25, 0.3) is 0 Å². The van der Waals surface area contributed by atoms with Gasteiger partial charge in [-0.15, -0.1) is 0 Å². The number of morpholine rings is 1. The molecule has 0 unspecified atom stereocenters. The van der Waals surface area contributed by atoms with E-state index in [0.29, 0.717) is 50.1 Å². The molecule has 11 nitrogen and oxygen atoms in total. The van der Waals surface area contributed by atoms with Gasteiger partial charge in [0.1, 0.15) is 5.82 Å². The number of unbranched alkanes of at least 4 members (excludes halogenated alkanes) is 1. The van der Waals surface area contributed by atoms with Crippen molar-refractivity contribution in [1.82, 2.24) is 9.97 Å². The first-order valence-corrected chi connectivity index (χ1v) is 11.3. The molecule has 3 N–H and O–H groups in total. The molecule has 34 heavy (non-hydrogen) atoms. The summed E-state index contributed by atoms with van der Waals surface area (Å²) in [6.45, 7) is 4.49. The Bertz CT molecular complexity index is 1120. The minimum Gasteiger partial charge on any atom is -0.462 e. The average molecular weight is 469 g/mol. The monoisotopic (exact) mass is 469 g/mol. The summed E-state index contributed by atoms with van der Waals surface area (Å²) >= 11 is 0. The maximum atomic E-state index is 13.0. The Morgan fingerprint density at radius 2 is 1.94 bits per heavy atom. The van der Waals surface area contributed by atoms with Crippen LogP contribution in [0.3, 0.4) is 0 Å². The van der Waals surface area contributed by atoms with E-state index < -0.39 is 29.3 Å². The summed E-state index contributed by atoms with van der Waals surface area (Å²) in [7, 11) is 0. The molecular weight excluding hydrogens is 442 g/mol. The lowest BCUT2D eigenvalue weighted by Crippen LogP contribution is -2.41. The summed E-state index contributed by atoms with van der Waals surface area (Å²) in [5.41, 5.74) is 0.437. The molecule has 2 aliphatic rings. The number of carbonyl (C=O) groups excluding carboxylic acids is 3. The fourth-order valence-electron chi connectivity index (χ4n) is 3.82. The Kier molecular flexibility index (Phi) is 7.21.